The van der Waals surface area contributed by atoms with Crippen molar-refractivity contribution in [2.24, 2.45) is 0 Å². The number of nitrogens with one attached hydrogen (secondary N) is 2. The van der Waals surface area contributed by atoms with Crippen LogP contribution in [0, 0.1) is 11.3 Å². The van der Waals surface area contributed by atoms with Gasteiger partial charge in [-0.25, -0.2) is 9.50 Å². The lowest BCUT2D eigenvalue weighted by molar-refractivity contribution is 0.414. The van der Waals surface area contributed by atoms with Crippen LogP contribution in [0.25, 0.3) is 5.65 Å². The number of methoxy groups -OCH3 is 1. The Morgan fingerprint density at radius 1 is 1.42 bits per heavy atom. The first kappa shape index (κ1) is 15.8. The number of nitrogens with zero attached hydrogens (tertiary/aromatic N) is 3. The summed E-state index contributed by atoms with van der Waals surface area (Å²) < 4.78 is 6.41. The van der Waals surface area contributed by atoms with Crippen molar-refractivity contribution in [3.63, 3.8) is 0 Å². The molecule has 2 heterocycles. The molecule has 0 spiro atoms. The highest BCUT2D eigenvalue weighted by Crippen LogP contribution is 2.17. The summed E-state index contributed by atoms with van der Waals surface area (Å²) in [7, 11) is 1.63. The van der Waals surface area contributed by atoms with E-state index in [9.17, 15) is 4.79 Å². The highest BCUT2D eigenvalue weighted by atomic mass is 16.5. The molecule has 24 heavy (non-hydrogen) atoms. The fourth-order valence-electron chi connectivity index (χ4n) is 2.47. The van der Waals surface area contributed by atoms with Crippen LogP contribution < -0.4 is 15.6 Å². The molecule has 0 bridgehead atoms. The second-order valence-electron chi connectivity index (χ2n) is 5.42. The van der Waals surface area contributed by atoms with Crippen LogP contribution in [-0.4, -0.2) is 21.7 Å². The van der Waals surface area contributed by atoms with Crippen LogP contribution in [0.3, 0.4) is 0 Å². The van der Waals surface area contributed by atoms with Gasteiger partial charge in [-0.2, -0.15) is 5.26 Å². The van der Waals surface area contributed by atoms with Gasteiger partial charge in [0.2, 0.25) is 0 Å². The van der Waals surface area contributed by atoms with Crippen molar-refractivity contribution in [3.8, 4) is 11.8 Å². The second kappa shape index (κ2) is 6.56. The molecule has 2 N–H and O–H groups in total. The number of ether oxygens (including phenoxy) is 1. The molecule has 1 unspecified atom stereocenters. The monoisotopic (exact) mass is 323 g/mol. The number of nitriles is 1. The van der Waals surface area contributed by atoms with E-state index >= 15 is 0 Å². The number of hydrogen-bond donors (Lipinski definition) is 2. The quantitative estimate of drug-likeness (QED) is 0.746. The number of rotatable bonds is 5. The zero-order chi connectivity index (χ0) is 17.1. The number of aromatic amines is 1. The van der Waals surface area contributed by atoms with Gasteiger partial charge in [-0.3, -0.25) is 9.89 Å². The Kier molecular flexibility index (Phi) is 4.31. The molecule has 0 saturated heterocycles. The normalized spacial score (nSPS) is 12.0. The third kappa shape index (κ3) is 3.00. The van der Waals surface area contributed by atoms with Crippen molar-refractivity contribution < 1.29 is 4.74 Å². The van der Waals surface area contributed by atoms with Crippen molar-refractivity contribution in [1.29, 1.82) is 5.26 Å². The SMILES string of the molecule is COc1ccc(C(C)NCc2cc(=O)n3[nH]cc(C#N)c3n2)cc1. The summed E-state index contributed by atoms with van der Waals surface area (Å²) in [6, 6.07) is 11.3. The second-order valence-corrected chi connectivity index (χ2v) is 5.42. The van der Waals surface area contributed by atoms with E-state index in [1.165, 1.54) is 16.8 Å². The van der Waals surface area contributed by atoms with E-state index < -0.39 is 0 Å². The van der Waals surface area contributed by atoms with Gasteiger partial charge in [0.25, 0.3) is 5.56 Å². The minimum absolute atomic E-state index is 0.0813. The smallest absolute Gasteiger partial charge is 0.272 e. The van der Waals surface area contributed by atoms with E-state index in [4.69, 9.17) is 10.00 Å². The Morgan fingerprint density at radius 3 is 2.83 bits per heavy atom. The van der Waals surface area contributed by atoms with Crippen molar-refractivity contribution in [2.75, 3.05) is 7.11 Å². The van der Waals surface area contributed by atoms with Gasteiger partial charge in [-0.1, -0.05) is 12.1 Å². The van der Waals surface area contributed by atoms with Crippen LogP contribution in [0.15, 0.2) is 41.3 Å². The van der Waals surface area contributed by atoms with Gasteiger partial charge >= 0.3 is 0 Å². The molecule has 3 aromatic rings. The Balaban J connectivity index is 1.77. The zero-order valence-electron chi connectivity index (χ0n) is 13.4. The lowest BCUT2D eigenvalue weighted by Crippen LogP contribution is -2.22. The fourth-order valence-corrected chi connectivity index (χ4v) is 2.47. The average Bonchev–Trinajstić information content (AvgIpc) is 3.03. The Labute approximate surface area is 138 Å². The number of fused-ring (bicyclic) bond motifs is 1. The predicted molar refractivity (Wildman–Crippen MR) is 88.8 cm³/mol. The van der Waals surface area contributed by atoms with Crippen LogP contribution in [0.4, 0.5) is 0 Å². The molecular weight excluding hydrogens is 306 g/mol. The Hall–Kier alpha value is -3.11. The van der Waals surface area contributed by atoms with Gasteiger partial charge in [0, 0.05) is 24.8 Å². The van der Waals surface area contributed by atoms with Crippen molar-refractivity contribution in [2.45, 2.75) is 19.5 Å². The van der Waals surface area contributed by atoms with E-state index in [1.807, 2.05) is 37.3 Å². The van der Waals surface area contributed by atoms with E-state index in [2.05, 4.69) is 15.4 Å². The molecule has 122 valence electrons. The topological polar surface area (TPSA) is 95.2 Å². The van der Waals surface area contributed by atoms with E-state index in [1.54, 1.807) is 7.11 Å². The van der Waals surface area contributed by atoms with Crippen LogP contribution >= 0.6 is 0 Å². The summed E-state index contributed by atoms with van der Waals surface area (Å²) in [5.41, 5.74) is 2.15. The van der Waals surface area contributed by atoms with Gasteiger partial charge in [0.15, 0.2) is 5.65 Å². The van der Waals surface area contributed by atoms with Gasteiger partial charge < -0.3 is 10.1 Å². The van der Waals surface area contributed by atoms with Gasteiger partial charge in [-0.05, 0) is 24.6 Å². The Morgan fingerprint density at radius 2 is 2.17 bits per heavy atom. The van der Waals surface area contributed by atoms with Crippen molar-refractivity contribution >= 4 is 5.65 Å². The molecule has 7 nitrogen and oxygen atoms in total. The maximum Gasteiger partial charge on any atom is 0.272 e. The molecule has 7 heteroatoms. The molecule has 2 aromatic heterocycles. The third-order valence-electron chi connectivity index (χ3n) is 3.88. The summed E-state index contributed by atoms with van der Waals surface area (Å²) in [6.45, 7) is 2.46. The molecule has 0 amide bonds. The summed E-state index contributed by atoms with van der Waals surface area (Å²) in [4.78, 5) is 16.4. The minimum Gasteiger partial charge on any atom is -0.497 e. The molecule has 0 aliphatic carbocycles. The third-order valence-corrected chi connectivity index (χ3v) is 3.88. The Bertz CT molecular complexity index is 950. The molecule has 3 rings (SSSR count). The molecule has 0 radical (unpaired) electrons. The number of aromatic nitrogens is 3. The van der Waals surface area contributed by atoms with Crippen molar-refractivity contribution in [1.82, 2.24) is 19.9 Å². The van der Waals surface area contributed by atoms with Crippen LogP contribution in [0.2, 0.25) is 0 Å². The van der Waals surface area contributed by atoms with Crippen LogP contribution in [0.5, 0.6) is 5.75 Å². The molecule has 0 aliphatic rings. The van der Waals surface area contributed by atoms with Crippen LogP contribution in [0.1, 0.15) is 29.8 Å². The largest absolute Gasteiger partial charge is 0.497 e. The number of H-pyrrole nitrogens is 1. The maximum absolute atomic E-state index is 12.1. The standard InChI is InChI=1S/C17H17N5O2/c1-11(12-3-5-15(24-2)6-4-12)19-10-14-7-16(23)22-17(21-14)13(8-18)9-20-22/h3-7,9,11,19-20H,10H2,1-2H3. The van der Waals surface area contributed by atoms with Crippen LogP contribution in [-0.2, 0) is 6.54 Å². The lowest BCUT2D eigenvalue weighted by atomic mass is 10.1. The molecule has 1 atom stereocenters. The summed E-state index contributed by atoms with van der Waals surface area (Å²) >= 11 is 0. The van der Waals surface area contributed by atoms with Gasteiger partial charge in [0.1, 0.15) is 17.4 Å². The average molecular weight is 323 g/mol. The molecule has 1 aromatic carbocycles. The maximum atomic E-state index is 12.1. The fraction of sp³-hybridized carbons (Fsp3) is 0.235. The summed E-state index contributed by atoms with van der Waals surface area (Å²) in [6.07, 6.45) is 1.47. The van der Waals surface area contributed by atoms with Crippen molar-refractivity contribution in [3.05, 3.63) is 63.7 Å². The number of benzene rings is 1. The molecule has 0 saturated carbocycles. The first-order chi connectivity index (χ1) is 11.6. The zero-order valence-corrected chi connectivity index (χ0v) is 13.4. The first-order valence-electron chi connectivity index (χ1n) is 7.50. The van der Waals surface area contributed by atoms with E-state index in [0.717, 1.165) is 11.3 Å². The molecular formula is C17H17N5O2. The van der Waals surface area contributed by atoms with E-state index in [0.29, 0.717) is 23.4 Å². The van der Waals surface area contributed by atoms with Gasteiger partial charge in [0.05, 0.1) is 12.8 Å². The molecule has 0 aliphatic heterocycles. The summed E-state index contributed by atoms with van der Waals surface area (Å²) in [5.74, 6) is 0.808. The minimum atomic E-state index is -0.240. The lowest BCUT2D eigenvalue weighted by Gasteiger charge is -2.14. The molecule has 0 fully saturated rings. The highest BCUT2D eigenvalue weighted by Gasteiger charge is 2.10. The summed E-state index contributed by atoms with van der Waals surface area (Å²) in [5, 5.41) is 15.1. The predicted octanol–water partition coefficient (Wildman–Crippen LogP) is 1.75. The number of hydrogen-bond acceptors (Lipinski definition) is 5. The first-order valence-corrected chi connectivity index (χ1v) is 7.50. The van der Waals surface area contributed by atoms with E-state index in [-0.39, 0.29) is 11.6 Å². The highest BCUT2D eigenvalue weighted by molar-refractivity contribution is 5.53. The van der Waals surface area contributed by atoms with Gasteiger partial charge in [-0.15, -0.1) is 0 Å².